The van der Waals surface area contributed by atoms with Gasteiger partial charge in [-0.05, 0) is 36.2 Å². The standard InChI is InChI=1S/C15H14N2O2/c1-2-11-5-7-12(8-6-11)18-10-14-17-13-4-3-9-16-15(13)19-14/h3-9H,2,10H2,1H3. The lowest BCUT2D eigenvalue weighted by Crippen LogP contribution is -1.95. The maximum Gasteiger partial charge on any atom is 0.247 e. The van der Waals surface area contributed by atoms with Crippen molar-refractivity contribution in [3.8, 4) is 5.75 Å². The molecule has 0 amide bonds. The number of rotatable bonds is 4. The molecule has 3 aromatic rings. The van der Waals surface area contributed by atoms with E-state index in [1.165, 1.54) is 5.56 Å². The normalized spacial score (nSPS) is 10.8. The van der Waals surface area contributed by atoms with Gasteiger partial charge in [-0.25, -0.2) is 9.97 Å². The number of ether oxygens (including phenoxy) is 1. The Morgan fingerprint density at radius 2 is 2.00 bits per heavy atom. The van der Waals surface area contributed by atoms with Crippen molar-refractivity contribution < 1.29 is 9.15 Å². The van der Waals surface area contributed by atoms with Crippen molar-refractivity contribution >= 4 is 11.2 Å². The minimum absolute atomic E-state index is 0.307. The third kappa shape index (κ3) is 2.57. The molecule has 0 aliphatic heterocycles. The molecule has 0 atom stereocenters. The van der Waals surface area contributed by atoms with E-state index in [-0.39, 0.29) is 0 Å². The third-order valence-electron chi connectivity index (χ3n) is 2.90. The molecule has 0 radical (unpaired) electrons. The second kappa shape index (κ2) is 5.10. The lowest BCUT2D eigenvalue weighted by molar-refractivity contribution is 0.266. The minimum atomic E-state index is 0.307. The average molecular weight is 254 g/mol. The van der Waals surface area contributed by atoms with E-state index in [0.29, 0.717) is 18.2 Å². The van der Waals surface area contributed by atoms with E-state index in [2.05, 4.69) is 29.0 Å². The van der Waals surface area contributed by atoms with Gasteiger partial charge in [-0.1, -0.05) is 19.1 Å². The van der Waals surface area contributed by atoms with Gasteiger partial charge in [0.25, 0.3) is 0 Å². The van der Waals surface area contributed by atoms with E-state index in [1.54, 1.807) is 6.20 Å². The van der Waals surface area contributed by atoms with E-state index in [0.717, 1.165) is 17.7 Å². The summed E-state index contributed by atoms with van der Waals surface area (Å²) in [6.07, 6.45) is 2.71. The number of oxazole rings is 1. The maximum atomic E-state index is 5.64. The Hall–Kier alpha value is -2.36. The van der Waals surface area contributed by atoms with Crippen LogP contribution in [0, 0.1) is 0 Å². The first-order chi connectivity index (χ1) is 9.35. The largest absolute Gasteiger partial charge is 0.484 e. The van der Waals surface area contributed by atoms with Crippen molar-refractivity contribution in [1.82, 2.24) is 9.97 Å². The van der Waals surface area contributed by atoms with Crippen LogP contribution in [0.15, 0.2) is 47.0 Å². The van der Waals surface area contributed by atoms with E-state index >= 15 is 0 Å². The molecular formula is C15H14N2O2. The lowest BCUT2D eigenvalue weighted by atomic mass is 10.2. The first-order valence-corrected chi connectivity index (χ1v) is 6.27. The van der Waals surface area contributed by atoms with Crippen LogP contribution in [0.4, 0.5) is 0 Å². The molecule has 0 spiro atoms. The van der Waals surface area contributed by atoms with Crippen LogP contribution in [-0.4, -0.2) is 9.97 Å². The predicted octanol–water partition coefficient (Wildman–Crippen LogP) is 3.36. The Morgan fingerprint density at radius 1 is 1.16 bits per heavy atom. The summed E-state index contributed by atoms with van der Waals surface area (Å²) < 4.78 is 11.1. The van der Waals surface area contributed by atoms with Crippen LogP contribution in [0.25, 0.3) is 11.2 Å². The molecule has 0 fully saturated rings. The highest BCUT2D eigenvalue weighted by atomic mass is 16.5. The lowest BCUT2D eigenvalue weighted by Gasteiger charge is -2.03. The number of hydrogen-bond acceptors (Lipinski definition) is 4. The van der Waals surface area contributed by atoms with Gasteiger partial charge in [0.05, 0.1) is 0 Å². The van der Waals surface area contributed by atoms with Gasteiger partial charge in [0.15, 0.2) is 6.61 Å². The zero-order chi connectivity index (χ0) is 13.1. The summed E-state index contributed by atoms with van der Waals surface area (Å²) in [5, 5.41) is 0. The van der Waals surface area contributed by atoms with Gasteiger partial charge < -0.3 is 9.15 Å². The number of benzene rings is 1. The monoisotopic (exact) mass is 254 g/mol. The zero-order valence-corrected chi connectivity index (χ0v) is 10.7. The predicted molar refractivity (Wildman–Crippen MR) is 72.0 cm³/mol. The van der Waals surface area contributed by atoms with E-state index < -0.39 is 0 Å². The third-order valence-corrected chi connectivity index (χ3v) is 2.90. The van der Waals surface area contributed by atoms with Crippen LogP contribution in [-0.2, 0) is 13.0 Å². The van der Waals surface area contributed by atoms with Crippen molar-refractivity contribution in [2.45, 2.75) is 20.0 Å². The fourth-order valence-electron chi connectivity index (χ4n) is 1.84. The van der Waals surface area contributed by atoms with Gasteiger partial charge in [-0.2, -0.15) is 0 Å². The zero-order valence-electron chi connectivity index (χ0n) is 10.7. The van der Waals surface area contributed by atoms with E-state index in [1.807, 2.05) is 24.3 Å². The van der Waals surface area contributed by atoms with Gasteiger partial charge in [0.1, 0.15) is 11.3 Å². The van der Waals surface area contributed by atoms with Crippen molar-refractivity contribution in [2.75, 3.05) is 0 Å². The fourth-order valence-corrected chi connectivity index (χ4v) is 1.84. The van der Waals surface area contributed by atoms with Crippen LogP contribution in [0.2, 0.25) is 0 Å². The SMILES string of the molecule is CCc1ccc(OCc2nc3cccnc3o2)cc1. The Kier molecular flexibility index (Phi) is 3.14. The highest BCUT2D eigenvalue weighted by Crippen LogP contribution is 2.16. The summed E-state index contributed by atoms with van der Waals surface area (Å²) in [4.78, 5) is 8.40. The second-order valence-corrected chi connectivity index (χ2v) is 4.22. The van der Waals surface area contributed by atoms with E-state index in [9.17, 15) is 0 Å². The molecule has 1 aromatic carbocycles. The highest BCUT2D eigenvalue weighted by Gasteiger charge is 2.06. The number of hydrogen-bond donors (Lipinski definition) is 0. The average Bonchev–Trinajstić information content (AvgIpc) is 2.88. The maximum absolute atomic E-state index is 5.64. The Bertz CT molecular complexity index is 641. The van der Waals surface area contributed by atoms with Crippen molar-refractivity contribution in [3.63, 3.8) is 0 Å². The van der Waals surface area contributed by atoms with Crippen LogP contribution in [0.1, 0.15) is 18.4 Å². The number of nitrogens with zero attached hydrogens (tertiary/aromatic N) is 2. The highest BCUT2D eigenvalue weighted by molar-refractivity contribution is 5.67. The van der Waals surface area contributed by atoms with Crippen molar-refractivity contribution in [1.29, 1.82) is 0 Å². The second-order valence-electron chi connectivity index (χ2n) is 4.22. The summed E-state index contributed by atoms with van der Waals surface area (Å²) in [6.45, 7) is 2.43. The number of aromatic nitrogens is 2. The summed E-state index contributed by atoms with van der Waals surface area (Å²) in [6, 6.07) is 11.7. The van der Waals surface area contributed by atoms with Crippen molar-refractivity contribution in [3.05, 3.63) is 54.0 Å². The molecule has 0 saturated carbocycles. The topological polar surface area (TPSA) is 48.2 Å². The molecule has 3 rings (SSSR count). The van der Waals surface area contributed by atoms with Crippen molar-refractivity contribution in [2.24, 2.45) is 0 Å². The molecule has 0 aliphatic carbocycles. The van der Waals surface area contributed by atoms with Gasteiger partial charge in [-0.3, -0.25) is 0 Å². The molecule has 4 heteroatoms. The molecule has 2 aromatic heterocycles. The Balaban J connectivity index is 1.70. The number of aryl methyl sites for hydroxylation is 1. The molecule has 96 valence electrons. The first kappa shape index (κ1) is 11.7. The van der Waals surface area contributed by atoms with Crippen LogP contribution in [0.5, 0.6) is 5.75 Å². The first-order valence-electron chi connectivity index (χ1n) is 6.27. The summed E-state index contributed by atoms with van der Waals surface area (Å²) in [5.41, 5.74) is 2.59. The molecule has 0 bridgehead atoms. The van der Waals surface area contributed by atoms with Gasteiger partial charge >= 0.3 is 0 Å². The number of fused-ring (bicyclic) bond motifs is 1. The van der Waals surface area contributed by atoms with Gasteiger partial charge in [0, 0.05) is 6.20 Å². The number of pyridine rings is 1. The smallest absolute Gasteiger partial charge is 0.247 e. The fraction of sp³-hybridized carbons (Fsp3) is 0.200. The van der Waals surface area contributed by atoms with Crippen LogP contribution < -0.4 is 4.74 Å². The molecule has 0 aliphatic rings. The Morgan fingerprint density at radius 3 is 2.74 bits per heavy atom. The Labute approximate surface area is 111 Å². The molecule has 2 heterocycles. The van der Waals surface area contributed by atoms with E-state index in [4.69, 9.17) is 9.15 Å². The summed E-state index contributed by atoms with van der Waals surface area (Å²) in [5.74, 6) is 1.35. The summed E-state index contributed by atoms with van der Waals surface area (Å²) >= 11 is 0. The van der Waals surface area contributed by atoms with Crippen LogP contribution >= 0.6 is 0 Å². The van der Waals surface area contributed by atoms with Gasteiger partial charge in [-0.15, -0.1) is 0 Å². The minimum Gasteiger partial charge on any atom is -0.484 e. The molecular weight excluding hydrogens is 240 g/mol. The van der Waals surface area contributed by atoms with Crippen LogP contribution in [0.3, 0.4) is 0 Å². The molecule has 19 heavy (non-hydrogen) atoms. The molecule has 0 saturated heterocycles. The molecule has 0 N–H and O–H groups in total. The molecule has 0 unspecified atom stereocenters. The quantitative estimate of drug-likeness (QED) is 0.716. The van der Waals surface area contributed by atoms with Gasteiger partial charge in [0.2, 0.25) is 11.6 Å². The molecule has 4 nitrogen and oxygen atoms in total. The summed E-state index contributed by atoms with van der Waals surface area (Å²) in [7, 11) is 0.